The van der Waals surface area contributed by atoms with Crippen molar-refractivity contribution < 1.29 is 31.1 Å². The van der Waals surface area contributed by atoms with Crippen LogP contribution in [0.15, 0.2) is 10.9 Å². The first-order chi connectivity index (χ1) is 11.7. The number of sulfonamides is 1. The van der Waals surface area contributed by atoms with Gasteiger partial charge in [0.2, 0.25) is 0 Å². The Kier molecular flexibility index (Phi) is 4.81. The van der Waals surface area contributed by atoms with Crippen LogP contribution in [0.25, 0.3) is 0 Å². The van der Waals surface area contributed by atoms with Gasteiger partial charge in [0, 0.05) is 31.6 Å². The molecule has 1 spiro atoms. The number of carbonyl (C=O) groups is 1. The lowest BCUT2D eigenvalue weighted by Gasteiger charge is -2.49. The fourth-order valence-electron chi connectivity index (χ4n) is 3.18. The molecule has 2 saturated heterocycles. The van der Waals surface area contributed by atoms with Crippen LogP contribution in [0.2, 0.25) is 0 Å². The third-order valence-corrected chi connectivity index (χ3v) is 6.67. The molecule has 2 aliphatic heterocycles. The molecular weight excluding hydrogens is 383 g/mol. The van der Waals surface area contributed by atoms with Gasteiger partial charge in [-0.05, 0) is 18.8 Å². The van der Waals surface area contributed by atoms with E-state index in [1.54, 1.807) is 10.9 Å². The lowest BCUT2D eigenvalue weighted by atomic mass is 9.80. The number of hydrogen-bond acceptors (Lipinski definition) is 6. The standard InChI is InChI=1S/C13H16F3N3O4S2/c14-13(15,16)25(21,22)19-6-12(7-19)9(2-4-23-12)1-3-17-11(20)10-5-24-8-18-10/h5,8-9H,1-4,6-7H2,(H,17,20). The third kappa shape index (κ3) is 3.39. The van der Waals surface area contributed by atoms with E-state index >= 15 is 0 Å². The summed E-state index contributed by atoms with van der Waals surface area (Å²) in [7, 11) is -5.31. The number of nitrogens with one attached hydrogen (secondary N) is 1. The first-order valence-corrected chi connectivity index (χ1v) is 9.91. The van der Waals surface area contributed by atoms with E-state index in [1.807, 2.05) is 0 Å². The minimum Gasteiger partial charge on any atom is -0.372 e. The van der Waals surface area contributed by atoms with Crippen molar-refractivity contribution in [1.29, 1.82) is 0 Å². The van der Waals surface area contributed by atoms with Gasteiger partial charge in [-0.3, -0.25) is 4.79 Å². The molecular formula is C13H16F3N3O4S2. The molecule has 3 heterocycles. The van der Waals surface area contributed by atoms with Gasteiger partial charge in [0.25, 0.3) is 5.91 Å². The predicted octanol–water partition coefficient (Wildman–Crippen LogP) is 1.20. The molecule has 1 amide bonds. The number of alkyl halides is 3. The summed E-state index contributed by atoms with van der Waals surface area (Å²) in [6, 6.07) is 0. The molecule has 2 aliphatic rings. The molecule has 0 bridgehead atoms. The van der Waals surface area contributed by atoms with Crippen LogP contribution in [0.5, 0.6) is 0 Å². The van der Waals surface area contributed by atoms with Crippen LogP contribution in [-0.4, -0.2) is 61.0 Å². The molecule has 1 aromatic rings. The molecule has 0 radical (unpaired) electrons. The summed E-state index contributed by atoms with van der Waals surface area (Å²) in [5.41, 5.74) is -4.33. The minimum atomic E-state index is -5.31. The van der Waals surface area contributed by atoms with E-state index in [2.05, 4.69) is 10.3 Å². The number of aromatic nitrogens is 1. The van der Waals surface area contributed by atoms with Crippen molar-refractivity contribution >= 4 is 27.3 Å². The molecule has 2 fully saturated rings. The number of nitrogens with zero attached hydrogens (tertiary/aromatic N) is 2. The van der Waals surface area contributed by atoms with E-state index < -0.39 is 21.1 Å². The van der Waals surface area contributed by atoms with Gasteiger partial charge in [-0.1, -0.05) is 0 Å². The molecule has 25 heavy (non-hydrogen) atoms. The topological polar surface area (TPSA) is 88.6 Å². The average molecular weight is 399 g/mol. The molecule has 1 N–H and O–H groups in total. The van der Waals surface area contributed by atoms with E-state index in [-0.39, 0.29) is 24.9 Å². The van der Waals surface area contributed by atoms with Crippen LogP contribution in [0.3, 0.4) is 0 Å². The first-order valence-electron chi connectivity index (χ1n) is 7.52. The van der Waals surface area contributed by atoms with E-state index in [0.29, 0.717) is 36.0 Å². The van der Waals surface area contributed by atoms with Crippen LogP contribution >= 0.6 is 11.3 Å². The quantitative estimate of drug-likeness (QED) is 0.804. The Hall–Kier alpha value is -1.24. The smallest absolute Gasteiger partial charge is 0.372 e. The summed E-state index contributed by atoms with van der Waals surface area (Å²) in [5.74, 6) is -0.424. The molecule has 1 unspecified atom stereocenters. The van der Waals surface area contributed by atoms with E-state index in [4.69, 9.17) is 4.74 Å². The third-order valence-electron chi connectivity index (χ3n) is 4.56. The zero-order valence-electron chi connectivity index (χ0n) is 13.0. The number of carbonyl (C=O) groups excluding carboxylic acids is 1. The zero-order valence-corrected chi connectivity index (χ0v) is 14.6. The molecule has 0 aliphatic carbocycles. The second-order valence-electron chi connectivity index (χ2n) is 6.04. The summed E-state index contributed by atoms with van der Waals surface area (Å²) < 4.78 is 66.5. The largest absolute Gasteiger partial charge is 0.511 e. The monoisotopic (exact) mass is 399 g/mol. The number of halogens is 3. The first kappa shape index (κ1) is 18.5. The van der Waals surface area contributed by atoms with Crippen molar-refractivity contribution in [3.8, 4) is 0 Å². The fourth-order valence-corrected chi connectivity index (χ4v) is 4.79. The predicted molar refractivity (Wildman–Crippen MR) is 82.4 cm³/mol. The van der Waals surface area contributed by atoms with Crippen molar-refractivity contribution in [2.75, 3.05) is 26.2 Å². The molecule has 0 aromatic carbocycles. The Morgan fingerprint density at radius 3 is 2.80 bits per heavy atom. The van der Waals surface area contributed by atoms with Gasteiger partial charge in [0.1, 0.15) is 5.69 Å². The van der Waals surface area contributed by atoms with Crippen molar-refractivity contribution in [3.05, 3.63) is 16.6 Å². The van der Waals surface area contributed by atoms with Crippen LogP contribution in [0, 0.1) is 5.92 Å². The molecule has 12 heteroatoms. The summed E-state index contributed by atoms with van der Waals surface area (Å²) in [5, 5.41) is 4.31. The summed E-state index contributed by atoms with van der Waals surface area (Å²) in [6.45, 7) is 0.0713. The number of ether oxygens (including phenoxy) is 1. The van der Waals surface area contributed by atoms with Gasteiger partial charge in [-0.25, -0.2) is 13.4 Å². The van der Waals surface area contributed by atoms with Gasteiger partial charge in [0.15, 0.2) is 0 Å². The van der Waals surface area contributed by atoms with Crippen molar-refractivity contribution in [3.63, 3.8) is 0 Å². The zero-order chi connectivity index (χ0) is 18.3. The lowest BCUT2D eigenvalue weighted by molar-refractivity contribution is -0.113. The van der Waals surface area contributed by atoms with Crippen molar-refractivity contribution in [2.45, 2.75) is 24.0 Å². The Morgan fingerprint density at radius 2 is 2.20 bits per heavy atom. The Labute approximate surface area is 146 Å². The number of hydrogen-bond donors (Lipinski definition) is 1. The normalized spacial score (nSPS) is 23.6. The van der Waals surface area contributed by atoms with Gasteiger partial charge in [0.05, 0.1) is 11.1 Å². The van der Waals surface area contributed by atoms with Gasteiger partial charge in [-0.15, -0.1) is 11.3 Å². The second kappa shape index (κ2) is 6.49. The highest BCUT2D eigenvalue weighted by Crippen LogP contribution is 2.44. The number of rotatable bonds is 5. The molecule has 7 nitrogen and oxygen atoms in total. The molecule has 3 rings (SSSR count). The minimum absolute atomic E-state index is 0.108. The van der Waals surface area contributed by atoms with Gasteiger partial charge >= 0.3 is 15.5 Å². The Bertz CT molecular complexity index is 730. The fraction of sp³-hybridized carbons (Fsp3) is 0.692. The van der Waals surface area contributed by atoms with Crippen LogP contribution in [-0.2, 0) is 14.8 Å². The van der Waals surface area contributed by atoms with Gasteiger partial charge < -0.3 is 10.1 Å². The maximum atomic E-state index is 12.6. The van der Waals surface area contributed by atoms with Crippen molar-refractivity contribution in [2.24, 2.45) is 5.92 Å². The highest BCUT2D eigenvalue weighted by atomic mass is 32.2. The lowest BCUT2D eigenvalue weighted by Crippen LogP contribution is -2.67. The van der Waals surface area contributed by atoms with Gasteiger partial charge in [-0.2, -0.15) is 17.5 Å². The SMILES string of the molecule is O=C(NCCC1CCOC12CN(S(=O)(=O)C(F)(F)F)C2)c1cscn1. The summed E-state index contributed by atoms with van der Waals surface area (Å²) in [4.78, 5) is 15.7. The van der Waals surface area contributed by atoms with Crippen molar-refractivity contribution in [1.82, 2.24) is 14.6 Å². The second-order valence-corrected chi connectivity index (χ2v) is 8.68. The molecule has 0 saturated carbocycles. The summed E-state index contributed by atoms with van der Waals surface area (Å²) >= 11 is 1.30. The average Bonchev–Trinajstić information content (AvgIpc) is 3.13. The Morgan fingerprint density at radius 1 is 1.48 bits per heavy atom. The van der Waals surface area contributed by atoms with Crippen LogP contribution in [0.1, 0.15) is 23.3 Å². The molecule has 1 aromatic heterocycles. The van der Waals surface area contributed by atoms with E-state index in [9.17, 15) is 26.4 Å². The van der Waals surface area contributed by atoms with Crippen LogP contribution in [0.4, 0.5) is 13.2 Å². The maximum absolute atomic E-state index is 12.6. The number of thiazole rings is 1. The Balaban J connectivity index is 1.53. The molecule has 140 valence electrons. The van der Waals surface area contributed by atoms with E-state index in [0.717, 1.165) is 0 Å². The number of amides is 1. The molecule has 1 atom stereocenters. The van der Waals surface area contributed by atoms with Crippen LogP contribution < -0.4 is 5.32 Å². The highest BCUT2D eigenvalue weighted by molar-refractivity contribution is 7.90. The summed E-state index contributed by atoms with van der Waals surface area (Å²) in [6.07, 6.45) is 1.11. The highest BCUT2D eigenvalue weighted by Gasteiger charge is 2.61. The van der Waals surface area contributed by atoms with E-state index in [1.165, 1.54) is 11.3 Å². The maximum Gasteiger partial charge on any atom is 0.511 e.